The Kier molecular flexibility index (Phi) is 13.1. The fourth-order valence-electron chi connectivity index (χ4n) is 4.59. The first-order valence-corrected chi connectivity index (χ1v) is 12.4. The van der Waals surface area contributed by atoms with Gasteiger partial charge < -0.3 is 21.2 Å². The summed E-state index contributed by atoms with van der Waals surface area (Å²) in [5.41, 5.74) is 7.27. The monoisotopic (exact) mass is 556 g/mol. The van der Waals surface area contributed by atoms with Crippen LogP contribution < -0.4 is 10.6 Å². The first-order valence-electron chi connectivity index (χ1n) is 11.4. The molecule has 0 bridgehead atoms. The number of nitrogens with zero attached hydrogens (tertiary/aromatic N) is 1. The van der Waals surface area contributed by atoms with Gasteiger partial charge in [-0.05, 0) is 44.9 Å². The zero-order valence-electron chi connectivity index (χ0n) is 19.7. The average molecular weight is 557 g/mol. The molecule has 1 aliphatic heterocycles. The predicted molar refractivity (Wildman–Crippen MR) is 122 cm³/mol. The molecule has 0 aromatic carbocycles. The van der Waals surface area contributed by atoms with E-state index in [1.54, 1.807) is 14.1 Å². The third-order valence-electron chi connectivity index (χ3n) is 6.66. The molecule has 0 aromatic rings. The summed E-state index contributed by atoms with van der Waals surface area (Å²) in [6, 6.07) is -0.205. The molecule has 1 saturated heterocycles. The molecule has 183 valence electrons. The Morgan fingerprint density at radius 3 is 2.09 bits per heavy atom. The number of carbonyl (C=O) groups is 5. The molecule has 0 aromatic heterocycles. The van der Waals surface area contributed by atoms with Crippen LogP contribution in [0.15, 0.2) is 0 Å². The number of likely N-dealkylation sites (tertiary alicyclic amines) is 1. The van der Waals surface area contributed by atoms with Gasteiger partial charge in [-0.2, -0.15) is 0 Å². The van der Waals surface area contributed by atoms with Gasteiger partial charge in [0.05, 0.1) is 11.2 Å². The molecule has 2 aliphatic rings. The van der Waals surface area contributed by atoms with E-state index in [9.17, 15) is 24.0 Å². The summed E-state index contributed by atoms with van der Waals surface area (Å²) < 4.78 is 0. The normalized spacial score (nSPS) is 24.6. The number of hydrogen-bond donors (Lipinski definition) is 2. The van der Waals surface area contributed by atoms with Gasteiger partial charge in [0, 0.05) is 82.8 Å². The molecule has 1 saturated carbocycles. The molecular weight excluding hydrogens is 521 g/mol. The van der Waals surface area contributed by atoms with E-state index in [1.807, 2.05) is 6.92 Å². The number of nitrogens with one attached hydrogen (secondary N) is 3. The second-order valence-corrected chi connectivity index (χ2v) is 9.84. The van der Waals surface area contributed by atoms with Crippen LogP contribution in [0.3, 0.4) is 0 Å². The van der Waals surface area contributed by atoms with Gasteiger partial charge in [0.2, 0.25) is 23.6 Å². The van der Waals surface area contributed by atoms with Crippen molar-refractivity contribution in [1.82, 2.24) is 15.5 Å². The van der Waals surface area contributed by atoms with Crippen molar-refractivity contribution in [3.05, 3.63) is 5.73 Å². The van der Waals surface area contributed by atoms with Gasteiger partial charge in [0.15, 0.2) is 0 Å². The smallest absolute Gasteiger partial charge is 0.243 e. The molecular formula is C22H35N4O5SY-. The molecule has 1 aliphatic carbocycles. The summed E-state index contributed by atoms with van der Waals surface area (Å²) in [4.78, 5) is 62.5. The Morgan fingerprint density at radius 1 is 1.03 bits per heavy atom. The molecule has 9 nitrogen and oxygen atoms in total. The Labute approximate surface area is 225 Å². The van der Waals surface area contributed by atoms with E-state index >= 15 is 0 Å². The van der Waals surface area contributed by atoms with Crippen LogP contribution >= 0.6 is 11.8 Å². The molecule has 11 heteroatoms. The van der Waals surface area contributed by atoms with Crippen LogP contribution in [0, 0.1) is 17.8 Å². The molecule has 1 radical (unpaired) electrons. The molecule has 3 N–H and O–H groups in total. The molecule has 3 unspecified atom stereocenters. The number of carbonyl (C=O) groups excluding carboxylic acids is 5. The van der Waals surface area contributed by atoms with Crippen LogP contribution in [0.2, 0.25) is 0 Å². The predicted octanol–water partition coefficient (Wildman–Crippen LogP) is 1.90. The quantitative estimate of drug-likeness (QED) is 0.373. The second kappa shape index (κ2) is 14.4. The Hall–Kier alpha value is -0.996. The maximum absolute atomic E-state index is 12.9. The summed E-state index contributed by atoms with van der Waals surface area (Å²) >= 11 is 1.34. The SMILES string of the molecule is CCC(CCC(CSC1CC(=O)N(C2CCC(C([NH-])=O)CC2)C1=O)C(=O)NC)C(=O)NC.[Y]. The zero-order chi connectivity index (χ0) is 23.8. The summed E-state index contributed by atoms with van der Waals surface area (Å²) in [6.45, 7) is 1.94. The number of rotatable bonds is 11. The number of imide groups is 1. The fourth-order valence-corrected chi connectivity index (χ4v) is 5.89. The van der Waals surface area contributed by atoms with E-state index in [1.165, 1.54) is 16.7 Å². The van der Waals surface area contributed by atoms with E-state index < -0.39 is 11.2 Å². The van der Waals surface area contributed by atoms with Gasteiger partial charge >= 0.3 is 0 Å². The van der Waals surface area contributed by atoms with Gasteiger partial charge in [-0.3, -0.25) is 24.1 Å². The summed E-state index contributed by atoms with van der Waals surface area (Å²) in [5, 5.41) is 4.81. The fraction of sp³-hybridized carbons (Fsp3) is 0.773. The van der Waals surface area contributed by atoms with E-state index in [0.717, 1.165) is 0 Å². The van der Waals surface area contributed by atoms with E-state index in [4.69, 9.17) is 5.73 Å². The second-order valence-electron chi connectivity index (χ2n) is 8.61. The Bertz CT molecular complexity index is 730. The maximum Gasteiger partial charge on any atom is 0.243 e. The van der Waals surface area contributed by atoms with Crippen molar-refractivity contribution in [3.63, 3.8) is 0 Å². The minimum atomic E-state index is -0.571. The van der Waals surface area contributed by atoms with Crippen molar-refractivity contribution < 1.29 is 56.7 Å². The van der Waals surface area contributed by atoms with Gasteiger partial charge in [-0.25, -0.2) is 0 Å². The first-order chi connectivity index (χ1) is 15.2. The van der Waals surface area contributed by atoms with Crippen molar-refractivity contribution in [1.29, 1.82) is 0 Å². The van der Waals surface area contributed by atoms with Crippen LogP contribution in [0.5, 0.6) is 0 Å². The van der Waals surface area contributed by atoms with E-state index in [-0.39, 0.29) is 86.6 Å². The molecule has 0 spiro atoms. The van der Waals surface area contributed by atoms with Gasteiger partial charge in [0.1, 0.15) is 0 Å². The number of thioether (sulfide) groups is 1. The number of amides is 5. The summed E-state index contributed by atoms with van der Waals surface area (Å²) in [5.74, 6) is -1.55. The number of hydrogen-bond acceptors (Lipinski definition) is 6. The van der Waals surface area contributed by atoms with Crippen molar-refractivity contribution in [2.24, 2.45) is 17.8 Å². The van der Waals surface area contributed by atoms with E-state index in [0.29, 0.717) is 50.7 Å². The maximum atomic E-state index is 12.9. The van der Waals surface area contributed by atoms with Crippen LogP contribution in [-0.4, -0.2) is 65.6 Å². The standard InChI is InChI=1S/C22H36N4O5S.Y/c1-4-13(20(29)24-2)5-6-15(21(30)25-3)12-32-17-11-18(27)26(22(17)31)16-9-7-14(8-10-16)19(23)28;/h13-17H,4-12H2,1-3H3,(H4,23,24,25,28,29,30);/p-1. The molecule has 2 rings (SSSR count). The van der Waals surface area contributed by atoms with Crippen LogP contribution in [-0.2, 0) is 56.7 Å². The summed E-state index contributed by atoms with van der Waals surface area (Å²) in [6.07, 6.45) is 4.10. The third-order valence-corrected chi connectivity index (χ3v) is 8.03. The molecule has 2 fully saturated rings. The largest absolute Gasteiger partial charge is 0.668 e. The van der Waals surface area contributed by atoms with Crippen molar-refractivity contribution in [3.8, 4) is 0 Å². The third kappa shape index (κ3) is 8.03. The molecule has 3 atom stereocenters. The topological polar surface area (TPSA) is 136 Å². The van der Waals surface area contributed by atoms with Crippen molar-refractivity contribution in [2.75, 3.05) is 19.8 Å². The van der Waals surface area contributed by atoms with Gasteiger partial charge in [0.25, 0.3) is 0 Å². The minimum absolute atomic E-state index is 0. The van der Waals surface area contributed by atoms with Crippen molar-refractivity contribution in [2.45, 2.75) is 69.6 Å². The van der Waals surface area contributed by atoms with Crippen LogP contribution in [0.4, 0.5) is 0 Å². The average Bonchev–Trinajstić information content (AvgIpc) is 3.08. The summed E-state index contributed by atoms with van der Waals surface area (Å²) in [7, 11) is 3.17. The van der Waals surface area contributed by atoms with Crippen LogP contribution in [0.25, 0.3) is 5.73 Å². The molecule has 1 heterocycles. The molecule has 33 heavy (non-hydrogen) atoms. The zero-order valence-corrected chi connectivity index (χ0v) is 23.4. The van der Waals surface area contributed by atoms with Crippen LogP contribution in [0.1, 0.15) is 58.3 Å². The van der Waals surface area contributed by atoms with Crippen molar-refractivity contribution >= 4 is 41.3 Å². The Balaban J connectivity index is 0.00000544. The molecule has 5 amide bonds. The first kappa shape index (κ1) is 30.0. The van der Waals surface area contributed by atoms with E-state index in [2.05, 4.69) is 10.6 Å². The van der Waals surface area contributed by atoms with Gasteiger partial charge in [-0.1, -0.05) is 6.92 Å². The van der Waals surface area contributed by atoms with Gasteiger partial charge in [-0.15, -0.1) is 11.8 Å². The minimum Gasteiger partial charge on any atom is -0.668 e. The Morgan fingerprint density at radius 2 is 1.58 bits per heavy atom.